The summed E-state index contributed by atoms with van der Waals surface area (Å²) < 4.78 is 0. The van der Waals surface area contributed by atoms with E-state index >= 15 is 0 Å². The van der Waals surface area contributed by atoms with Crippen LogP contribution in [0.15, 0.2) is 30.3 Å². The Morgan fingerprint density at radius 3 is 2.06 bits per heavy atom. The number of hydrogen-bond acceptors (Lipinski definition) is 1. The second kappa shape index (κ2) is 4.21. The second-order valence-electron chi connectivity index (χ2n) is 5.30. The molecule has 2 heterocycles. The van der Waals surface area contributed by atoms with Gasteiger partial charge in [0.2, 0.25) is 0 Å². The zero-order valence-corrected chi connectivity index (χ0v) is 9.99. The average Bonchev–Trinajstić information content (AvgIpc) is 2.40. The van der Waals surface area contributed by atoms with E-state index in [1.807, 2.05) is 0 Å². The number of fused-ring (bicyclic) bond motifs is 1. The van der Waals surface area contributed by atoms with Crippen LogP contribution in [0.25, 0.3) is 0 Å². The minimum atomic E-state index is 0.401. The molecule has 3 rings (SSSR count). The van der Waals surface area contributed by atoms with Crippen LogP contribution in [-0.4, -0.2) is 18.0 Å². The van der Waals surface area contributed by atoms with Gasteiger partial charge in [0, 0.05) is 5.54 Å². The molecular weight excluding hydrogens is 194 g/mol. The van der Waals surface area contributed by atoms with E-state index in [-0.39, 0.29) is 0 Å². The van der Waals surface area contributed by atoms with Crippen molar-refractivity contribution in [3.05, 3.63) is 35.9 Å². The highest BCUT2D eigenvalue weighted by Crippen LogP contribution is 2.44. The SMILES string of the molecule is c1ccc(C23CCCCN2CCCC3)cc1. The molecule has 0 aliphatic carbocycles. The lowest BCUT2D eigenvalue weighted by Gasteiger charge is -2.51. The molecule has 2 aliphatic rings. The Bertz CT molecular complexity index is 332. The third-order valence-electron chi connectivity index (χ3n) is 4.45. The monoisotopic (exact) mass is 215 g/mol. The van der Waals surface area contributed by atoms with Gasteiger partial charge < -0.3 is 0 Å². The molecule has 1 aromatic rings. The molecule has 0 radical (unpaired) electrons. The van der Waals surface area contributed by atoms with E-state index in [9.17, 15) is 0 Å². The van der Waals surface area contributed by atoms with Crippen molar-refractivity contribution in [2.24, 2.45) is 0 Å². The first-order chi connectivity index (χ1) is 7.92. The maximum absolute atomic E-state index is 2.76. The normalized spacial score (nSPS) is 25.0. The van der Waals surface area contributed by atoms with Gasteiger partial charge in [-0.05, 0) is 57.2 Å². The predicted octanol–water partition coefficient (Wildman–Crippen LogP) is 3.55. The number of nitrogens with zero attached hydrogens (tertiary/aromatic N) is 1. The third kappa shape index (κ3) is 1.58. The van der Waals surface area contributed by atoms with Crippen LogP contribution in [0.2, 0.25) is 0 Å². The van der Waals surface area contributed by atoms with Crippen LogP contribution in [0.3, 0.4) is 0 Å². The maximum Gasteiger partial charge on any atom is 0.0460 e. The standard InChI is InChI=1S/C15H21N/c1-2-8-14(9-3-1)15-10-4-6-12-16(15)13-7-5-11-15/h1-3,8-9H,4-7,10-13H2. The van der Waals surface area contributed by atoms with Crippen molar-refractivity contribution in [3.8, 4) is 0 Å². The van der Waals surface area contributed by atoms with Gasteiger partial charge in [0.1, 0.15) is 0 Å². The van der Waals surface area contributed by atoms with Gasteiger partial charge in [-0.3, -0.25) is 4.90 Å². The first-order valence-corrected chi connectivity index (χ1v) is 6.72. The number of hydrogen-bond donors (Lipinski definition) is 0. The fourth-order valence-corrected chi connectivity index (χ4v) is 3.64. The summed E-state index contributed by atoms with van der Waals surface area (Å²) in [6.07, 6.45) is 8.36. The lowest BCUT2D eigenvalue weighted by atomic mass is 9.74. The summed E-state index contributed by atoms with van der Waals surface area (Å²) in [5.41, 5.74) is 1.96. The molecule has 0 unspecified atom stereocenters. The van der Waals surface area contributed by atoms with Crippen LogP contribution in [0.5, 0.6) is 0 Å². The van der Waals surface area contributed by atoms with Gasteiger partial charge >= 0.3 is 0 Å². The maximum atomic E-state index is 2.76. The number of benzene rings is 1. The molecule has 16 heavy (non-hydrogen) atoms. The lowest BCUT2D eigenvalue weighted by Crippen LogP contribution is -2.52. The highest BCUT2D eigenvalue weighted by atomic mass is 15.2. The van der Waals surface area contributed by atoms with Crippen molar-refractivity contribution >= 4 is 0 Å². The average molecular weight is 215 g/mol. The summed E-state index contributed by atoms with van der Waals surface area (Å²) >= 11 is 0. The van der Waals surface area contributed by atoms with Crippen molar-refractivity contribution in [2.45, 2.75) is 44.1 Å². The predicted molar refractivity (Wildman–Crippen MR) is 67.4 cm³/mol. The molecule has 0 aromatic heterocycles. The van der Waals surface area contributed by atoms with Gasteiger partial charge in [-0.25, -0.2) is 0 Å². The summed E-state index contributed by atoms with van der Waals surface area (Å²) in [4.78, 5) is 2.76. The molecule has 2 saturated heterocycles. The van der Waals surface area contributed by atoms with E-state index in [4.69, 9.17) is 0 Å². The highest BCUT2D eigenvalue weighted by molar-refractivity contribution is 5.26. The van der Waals surface area contributed by atoms with Crippen LogP contribution >= 0.6 is 0 Å². The van der Waals surface area contributed by atoms with E-state index in [0.29, 0.717) is 5.54 Å². The Labute approximate surface area is 98.5 Å². The molecule has 0 atom stereocenters. The smallest absolute Gasteiger partial charge is 0.0460 e. The largest absolute Gasteiger partial charge is 0.294 e. The first-order valence-electron chi connectivity index (χ1n) is 6.72. The molecular formula is C15H21N. The van der Waals surface area contributed by atoms with Gasteiger partial charge in [-0.2, -0.15) is 0 Å². The van der Waals surface area contributed by atoms with Crippen LogP contribution in [0.4, 0.5) is 0 Å². The molecule has 1 nitrogen and oxygen atoms in total. The van der Waals surface area contributed by atoms with Crippen molar-refractivity contribution in [1.29, 1.82) is 0 Å². The Hall–Kier alpha value is -0.820. The second-order valence-corrected chi connectivity index (χ2v) is 5.30. The zero-order valence-electron chi connectivity index (χ0n) is 9.99. The van der Waals surface area contributed by atoms with Crippen LogP contribution in [-0.2, 0) is 5.54 Å². The minimum absolute atomic E-state index is 0.401. The zero-order chi connectivity index (χ0) is 10.8. The molecule has 2 aliphatic heterocycles. The Morgan fingerprint density at radius 2 is 1.44 bits per heavy atom. The van der Waals surface area contributed by atoms with Gasteiger partial charge in [-0.1, -0.05) is 30.3 Å². The highest BCUT2D eigenvalue weighted by Gasteiger charge is 2.41. The summed E-state index contributed by atoms with van der Waals surface area (Å²) in [6.45, 7) is 2.63. The lowest BCUT2D eigenvalue weighted by molar-refractivity contribution is 0.00817. The van der Waals surface area contributed by atoms with E-state index < -0.39 is 0 Å². The van der Waals surface area contributed by atoms with Gasteiger partial charge in [0.05, 0.1) is 0 Å². The molecule has 2 fully saturated rings. The van der Waals surface area contributed by atoms with Crippen LogP contribution in [0, 0.1) is 0 Å². The molecule has 86 valence electrons. The number of piperidine rings is 2. The Balaban J connectivity index is 1.98. The molecule has 0 bridgehead atoms. The third-order valence-corrected chi connectivity index (χ3v) is 4.45. The van der Waals surface area contributed by atoms with Gasteiger partial charge in [0.25, 0.3) is 0 Å². The molecule has 0 spiro atoms. The molecule has 0 N–H and O–H groups in total. The Morgan fingerprint density at radius 1 is 0.812 bits per heavy atom. The van der Waals surface area contributed by atoms with Gasteiger partial charge in [-0.15, -0.1) is 0 Å². The summed E-state index contributed by atoms with van der Waals surface area (Å²) in [5, 5.41) is 0. The summed E-state index contributed by atoms with van der Waals surface area (Å²) in [7, 11) is 0. The van der Waals surface area contributed by atoms with Crippen LogP contribution < -0.4 is 0 Å². The first kappa shape index (κ1) is 10.3. The van der Waals surface area contributed by atoms with Crippen molar-refractivity contribution in [3.63, 3.8) is 0 Å². The van der Waals surface area contributed by atoms with E-state index in [1.54, 1.807) is 5.56 Å². The van der Waals surface area contributed by atoms with Crippen molar-refractivity contribution in [2.75, 3.05) is 13.1 Å². The molecule has 1 heteroatoms. The van der Waals surface area contributed by atoms with E-state index in [0.717, 1.165) is 0 Å². The number of rotatable bonds is 1. The van der Waals surface area contributed by atoms with E-state index in [1.165, 1.54) is 51.6 Å². The topological polar surface area (TPSA) is 3.24 Å². The van der Waals surface area contributed by atoms with Crippen LogP contribution in [0.1, 0.15) is 44.1 Å². The summed E-state index contributed by atoms with van der Waals surface area (Å²) in [6, 6.07) is 11.2. The summed E-state index contributed by atoms with van der Waals surface area (Å²) in [5.74, 6) is 0. The van der Waals surface area contributed by atoms with Crippen molar-refractivity contribution < 1.29 is 0 Å². The quantitative estimate of drug-likeness (QED) is 0.692. The molecule has 0 saturated carbocycles. The Kier molecular flexibility index (Phi) is 2.72. The molecule has 1 aromatic carbocycles. The van der Waals surface area contributed by atoms with Crippen molar-refractivity contribution in [1.82, 2.24) is 4.90 Å². The fourth-order valence-electron chi connectivity index (χ4n) is 3.64. The fraction of sp³-hybridized carbons (Fsp3) is 0.600. The minimum Gasteiger partial charge on any atom is -0.294 e. The van der Waals surface area contributed by atoms with Gasteiger partial charge in [0.15, 0.2) is 0 Å². The molecule has 0 amide bonds. The van der Waals surface area contributed by atoms with E-state index in [2.05, 4.69) is 35.2 Å².